The number of carboxylic acid groups (broad SMARTS) is 1. The van der Waals surface area contributed by atoms with E-state index in [0.717, 1.165) is 5.56 Å². The van der Waals surface area contributed by atoms with E-state index < -0.39 is 5.97 Å². The van der Waals surface area contributed by atoms with E-state index in [4.69, 9.17) is 12.2 Å². The predicted octanol–water partition coefficient (Wildman–Crippen LogP) is 2.70. The zero-order chi connectivity index (χ0) is 20.5. The topological polar surface area (TPSA) is 114 Å². The number of nitrogens with zero attached hydrogens (tertiary/aromatic N) is 2. The predicted molar refractivity (Wildman–Crippen MR) is 111 cm³/mol. The van der Waals surface area contributed by atoms with Crippen LogP contribution < -0.4 is 11.3 Å². The van der Waals surface area contributed by atoms with Crippen LogP contribution in [0.15, 0.2) is 59.7 Å². The largest absolute Gasteiger partial charge is 0.477 e. The fourth-order valence-corrected chi connectivity index (χ4v) is 3.50. The highest BCUT2D eigenvalue weighted by molar-refractivity contribution is 6.08. The van der Waals surface area contributed by atoms with E-state index >= 15 is 0 Å². The molecule has 142 valence electrons. The molecule has 0 aliphatic carbocycles. The van der Waals surface area contributed by atoms with Crippen LogP contribution in [0.5, 0.6) is 0 Å². The van der Waals surface area contributed by atoms with Crippen molar-refractivity contribution in [3.63, 3.8) is 0 Å². The Labute approximate surface area is 165 Å². The Morgan fingerprint density at radius 2 is 2.10 bits per heavy atom. The van der Waals surface area contributed by atoms with Gasteiger partial charge in [0.2, 0.25) is 0 Å². The number of fused-ring (bicyclic) bond motifs is 1. The van der Waals surface area contributed by atoms with E-state index in [1.807, 2.05) is 0 Å². The molecule has 29 heavy (non-hydrogen) atoms. The first-order valence-corrected chi connectivity index (χ1v) is 8.74. The Bertz CT molecular complexity index is 1360. The molecule has 4 aromatic rings. The number of rotatable bonds is 4. The molecule has 0 atom stereocenters. The fourth-order valence-electron chi connectivity index (χ4n) is 3.50. The standard InChI is InChI=1S/C22H16N4O3/c1-2-13-5-6-17-16(10-13)19(15-4-3-8-25-21(15)27)20(22(28)29)26(17)12-14-7-9-24-18(23)11-14/h1,3-11H,12H2,(H2,23,24)(H,25,27)(H,28,29). The number of nitrogen functional groups attached to an aromatic ring is 1. The summed E-state index contributed by atoms with van der Waals surface area (Å²) in [5.41, 5.74) is 8.00. The molecule has 0 unspecified atom stereocenters. The third-order valence-electron chi connectivity index (χ3n) is 4.71. The van der Waals surface area contributed by atoms with Gasteiger partial charge in [0.25, 0.3) is 5.56 Å². The van der Waals surface area contributed by atoms with Crippen LogP contribution in [0.25, 0.3) is 22.0 Å². The normalized spacial score (nSPS) is 10.7. The lowest BCUT2D eigenvalue weighted by Gasteiger charge is -2.10. The van der Waals surface area contributed by atoms with Gasteiger partial charge in [0.1, 0.15) is 11.5 Å². The van der Waals surface area contributed by atoms with Crippen molar-refractivity contribution in [3.05, 3.63) is 82.0 Å². The molecule has 0 bridgehead atoms. The molecule has 7 nitrogen and oxygen atoms in total. The van der Waals surface area contributed by atoms with Crippen molar-refractivity contribution in [3.8, 4) is 23.5 Å². The van der Waals surface area contributed by atoms with Crippen LogP contribution in [0.2, 0.25) is 0 Å². The van der Waals surface area contributed by atoms with E-state index in [1.54, 1.807) is 53.2 Å². The highest BCUT2D eigenvalue weighted by Gasteiger charge is 2.25. The third kappa shape index (κ3) is 3.13. The maximum absolute atomic E-state index is 12.5. The van der Waals surface area contributed by atoms with Crippen molar-refractivity contribution in [2.45, 2.75) is 6.54 Å². The van der Waals surface area contributed by atoms with Gasteiger partial charge in [0.15, 0.2) is 0 Å². The van der Waals surface area contributed by atoms with Gasteiger partial charge < -0.3 is 20.4 Å². The van der Waals surface area contributed by atoms with Crippen LogP contribution in [0.3, 0.4) is 0 Å². The number of hydrogen-bond donors (Lipinski definition) is 3. The Kier molecular flexibility index (Phi) is 4.37. The highest BCUT2D eigenvalue weighted by Crippen LogP contribution is 2.35. The molecule has 0 spiro atoms. The van der Waals surface area contributed by atoms with Gasteiger partial charge in [-0.1, -0.05) is 5.92 Å². The van der Waals surface area contributed by atoms with Crippen LogP contribution in [-0.2, 0) is 6.54 Å². The van der Waals surface area contributed by atoms with Crippen LogP contribution >= 0.6 is 0 Å². The SMILES string of the molecule is C#Cc1ccc2c(c1)c(-c1ccc[nH]c1=O)c(C(=O)O)n2Cc1ccnc(N)c1. The number of aromatic amines is 1. The van der Waals surface area contributed by atoms with Crippen molar-refractivity contribution < 1.29 is 9.90 Å². The number of nitrogens with one attached hydrogen (secondary N) is 1. The smallest absolute Gasteiger partial charge is 0.353 e. The summed E-state index contributed by atoms with van der Waals surface area (Å²) in [5, 5.41) is 10.6. The minimum absolute atomic E-state index is 0.00116. The third-order valence-corrected chi connectivity index (χ3v) is 4.71. The molecule has 4 N–H and O–H groups in total. The first-order chi connectivity index (χ1) is 14.0. The van der Waals surface area contributed by atoms with Crippen molar-refractivity contribution in [1.82, 2.24) is 14.5 Å². The van der Waals surface area contributed by atoms with Gasteiger partial charge in [0.05, 0.1) is 0 Å². The summed E-state index contributed by atoms with van der Waals surface area (Å²) in [6.45, 7) is 0.241. The number of benzene rings is 1. The highest BCUT2D eigenvalue weighted by atomic mass is 16.4. The number of nitrogens with two attached hydrogens (primary N) is 1. The molecule has 0 aliphatic heterocycles. The summed E-state index contributed by atoms with van der Waals surface area (Å²) in [4.78, 5) is 31.4. The number of pyridine rings is 2. The second-order valence-electron chi connectivity index (χ2n) is 6.49. The number of aromatic carboxylic acids is 1. The summed E-state index contributed by atoms with van der Waals surface area (Å²) < 4.78 is 1.65. The summed E-state index contributed by atoms with van der Waals surface area (Å²) >= 11 is 0. The molecule has 0 saturated heterocycles. The van der Waals surface area contributed by atoms with Crippen molar-refractivity contribution in [2.75, 3.05) is 5.73 Å². The van der Waals surface area contributed by atoms with Crippen molar-refractivity contribution in [2.24, 2.45) is 0 Å². The molecule has 3 aromatic heterocycles. The zero-order valence-corrected chi connectivity index (χ0v) is 15.2. The molecular weight excluding hydrogens is 368 g/mol. The van der Waals surface area contributed by atoms with E-state index in [0.29, 0.717) is 27.8 Å². The summed E-state index contributed by atoms with van der Waals surface area (Å²) in [5.74, 6) is 1.75. The lowest BCUT2D eigenvalue weighted by Crippen LogP contribution is -2.13. The zero-order valence-electron chi connectivity index (χ0n) is 15.2. The molecule has 0 saturated carbocycles. The average Bonchev–Trinajstić information content (AvgIpc) is 3.02. The molecule has 4 rings (SSSR count). The fraction of sp³-hybridized carbons (Fsp3) is 0.0455. The van der Waals surface area contributed by atoms with Gasteiger partial charge >= 0.3 is 5.97 Å². The first-order valence-electron chi connectivity index (χ1n) is 8.74. The van der Waals surface area contributed by atoms with Crippen LogP contribution in [0.4, 0.5) is 5.82 Å². The molecule has 0 fully saturated rings. The average molecular weight is 384 g/mol. The van der Waals surface area contributed by atoms with Gasteiger partial charge in [-0.3, -0.25) is 4.79 Å². The summed E-state index contributed by atoms with van der Waals surface area (Å²) in [6, 6.07) is 11.9. The van der Waals surface area contributed by atoms with Gasteiger partial charge in [0, 0.05) is 46.5 Å². The minimum atomic E-state index is -1.15. The number of H-pyrrole nitrogens is 1. The van der Waals surface area contributed by atoms with E-state index in [2.05, 4.69) is 15.9 Å². The molecule has 0 radical (unpaired) electrons. The second-order valence-corrected chi connectivity index (χ2v) is 6.49. The summed E-state index contributed by atoms with van der Waals surface area (Å²) in [7, 11) is 0. The number of terminal acetylenes is 1. The maximum Gasteiger partial charge on any atom is 0.353 e. The Hall–Kier alpha value is -4.31. The number of anilines is 1. The molecule has 1 aromatic carbocycles. The van der Waals surface area contributed by atoms with Crippen LogP contribution in [0, 0.1) is 12.3 Å². The van der Waals surface area contributed by atoms with Gasteiger partial charge in [-0.15, -0.1) is 6.42 Å². The van der Waals surface area contributed by atoms with E-state index in [1.165, 1.54) is 6.20 Å². The van der Waals surface area contributed by atoms with Crippen molar-refractivity contribution >= 4 is 22.7 Å². The Morgan fingerprint density at radius 3 is 2.79 bits per heavy atom. The van der Waals surface area contributed by atoms with Gasteiger partial charge in [-0.25, -0.2) is 9.78 Å². The van der Waals surface area contributed by atoms with Crippen molar-refractivity contribution in [1.29, 1.82) is 0 Å². The second kappa shape index (κ2) is 7.02. The van der Waals surface area contributed by atoms with Gasteiger partial charge in [-0.05, 0) is 48.0 Å². The van der Waals surface area contributed by atoms with Crippen LogP contribution in [-0.4, -0.2) is 25.6 Å². The molecule has 3 heterocycles. The monoisotopic (exact) mass is 384 g/mol. The molecule has 0 amide bonds. The van der Waals surface area contributed by atoms with E-state index in [-0.39, 0.29) is 23.4 Å². The number of carbonyl (C=O) groups is 1. The molecule has 7 heteroatoms. The Balaban J connectivity index is 2.09. The number of hydrogen-bond acceptors (Lipinski definition) is 4. The quantitative estimate of drug-likeness (QED) is 0.468. The van der Waals surface area contributed by atoms with Gasteiger partial charge in [-0.2, -0.15) is 0 Å². The first kappa shape index (κ1) is 18.1. The Morgan fingerprint density at radius 1 is 1.28 bits per heavy atom. The van der Waals surface area contributed by atoms with Crippen LogP contribution in [0.1, 0.15) is 21.6 Å². The molecular formula is C22H16N4O3. The minimum Gasteiger partial charge on any atom is -0.477 e. The maximum atomic E-state index is 12.5. The summed E-state index contributed by atoms with van der Waals surface area (Å²) in [6.07, 6.45) is 8.61. The lowest BCUT2D eigenvalue weighted by atomic mass is 10.0. The lowest BCUT2D eigenvalue weighted by molar-refractivity contribution is 0.0687. The number of aromatic nitrogens is 3. The van der Waals surface area contributed by atoms with E-state index in [9.17, 15) is 14.7 Å². The molecule has 0 aliphatic rings. The number of carboxylic acids is 1.